The van der Waals surface area contributed by atoms with Crippen molar-refractivity contribution in [3.8, 4) is 0 Å². The maximum atomic E-state index is 12.6. The average Bonchev–Trinajstić information content (AvgIpc) is 3.09. The summed E-state index contributed by atoms with van der Waals surface area (Å²) in [4.78, 5) is 28.6. The molecule has 0 aliphatic carbocycles. The van der Waals surface area contributed by atoms with Crippen LogP contribution < -0.4 is 10.6 Å². The van der Waals surface area contributed by atoms with Gasteiger partial charge < -0.3 is 19.9 Å². The number of hydrogen-bond donors (Lipinski definition) is 2. The molecule has 1 unspecified atom stereocenters. The number of amides is 2. The lowest BCUT2D eigenvalue weighted by molar-refractivity contribution is -0.123. The van der Waals surface area contributed by atoms with Gasteiger partial charge >= 0.3 is 6.09 Å². The van der Waals surface area contributed by atoms with Crippen molar-refractivity contribution in [3.63, 3.8) is 0 Å². The van der Waals surface area contributed by atoms with Crippen LogP contribution in [0.3, 0.4) is 0 Å². The van der Waals surface area contributed by atoms with Crippen LogP contribution in [0.4, 0.5) is 4.79 Å². The summed E-state index contributed by atoms with van der Waals surface area (Å²) in [5, 5.41) is 5.53. The number of ether oxygens (including phenoxy) is 1. The summed E-state index contributed by atoms with van der Waals surface area (Å²) in [5.41, 5.74) is 0.367. The Morgan fingerprint density at radius 2 is 1.96 bits per heavy atom. The Balaban J connectivity index is 1.95. The van der Waals surface area contributed by atoms with E-state index >= 15 is 0 Å². The second-order valence-corrected chi connectivity index (χ2v) is 6.99. The zero-order chi connectivity index (χ0) is 19.0. The highest BCUT2D eigenvalue weighted by Crippen LogP contribution is 2.08. The smallest absolute Gasteiger partial charge is 0.408 e. The van der Waals surface area contributed by atoms with E-state index < -0.39 is 17.7 Å². The van der Waals surface area contributed by atoms with Crippen LogP contribution in [0.1, 0.15) is 32.8 Å². The number of nitrogens with one attached hydrogen (secondary N) is 2. The summed E-state index contributed by atoms with van der Waals surface area (Å²) in [6.07, 6.45) is 4.98. The number of aromatic nitrogens is 2. The van der Waals surface area contributed by atoms with Crippen molar-refractivity contribution in [1.82, 2.24) is 20.2 Å². The topological polar surface area (TPSA) is 85.2 Å². The van der Waals surface area contributed by atoms with Gasteiger partial charge in [0.15, 0.2) is 0 Å². The number of imidazole rings is 1. The highest BCUT2D eigenvalue weighted by Gasteiger charge is 2.24. The molecule has 0 spiro atoms. The monoisotopic (exact) mass is 358 g/mol. The van der Waals surface area contributed by atoms with Gasteiger partial charge in [0.2, 0.25) is 5.91 Å². The lowest BCUT2D eigenvalue weighted by atomic mass is 10.1. The molecule has 1 heterocycles. The fourth-order valence-corrected chi connectivity index (χ4v) is 2.32. The van der Waals surface area contributed by atoms with Crippen molar-refractivity contribution in [2.45, 2.75) is 51.9 Å². The van der Waals surface area contributed by atoms with Gasteiger partial charge in [-0.15, -0.1) is 0 Å². The fraction of sp³-hybridized carbons (Fsp3) is 0.421. The minimum atomic E-state index is -0.698. The van der Waals surface area contributed by atoms with E-state index in [1.165, 1.54) is 0 Å². The van der Waals surface area contributed by atoms with Crippen molar-refractivity contribution in [1.29, 1.82) is 0 Å². The third kappa shape index (κ3) is 6.96. The first-order chi connectivity index (χ1) is 12.3. The Morgan fingerprint density at radius 1 is 1.23 bits per heavy atom. The van der Waals surface area contributed by atoms with Gasteiger partial charge in [0.1, 0.15) is 11.6 Å². The van der Waals surface area contributed by atoms with E-state index in [9.17, 15) is 9.59 Å². The number of nitrogens with zero attached hydrogens (tertiary/aromatic N) is 2. The van der Waals surface area contributed by atoms with Crippen LogP contribution in [0.5, 0.6) is 0 Å². The van der Waals surface area contributed by atoms with Crippen molar-refractivity contribution >= 4 is 12.0 Å². The van der Waals surface area contributed by atoms with Crippen molar-refractivity contribution in [2.75, 3.05) is 0 Å². The number of carbonyl (C=O) groups is 2. The maximum Gasteiger partial charge on any atom is 0.408 e. The number of alkyl carbamates (subject to hydrolysis) is 1. The molecule has 1 aromatic heterocycles. The second kappa shape index (κ2) is 9.03. The zero-order valence-corrected chi connectivity index (χ0v) is 15.4. The summed E-state index contributed by atoms with van der Waals surface area (Å²) >= 11 is 0. The van der Waals surface area contributed by atoms with Gasteiger partial charge in [-0.2, -0.15) is 0 Å². The summed E-state index contributed by atoms with van der Waals surface area (Å²) in [5.74, 6) is -0.250. The molecule has 0 radical (unpaired) electrons. The van der Waals surface area contributed by atoms with Gasteiger partial charge in [0.05, 0.1) is 6.33 Å². The van der Waals surface area contributed by atoms with Crippen LogP contribution in [0.2, 0.25) is 0 Å². The molecule has 0 saturated heterocycles. The highest BCUT2D eigenvalue weighted by atomic mass is 16.6. The Hall–Kier alpha value is -2.83. The average molecular weight is 358 g/mol. The van der Waals surface area contributed by atoms with E-state index in [4.69, 9.17) is 4.74 Å². The predicted molar refractivity (Wildman–Crippen MR) is 98.3 cm³/mol. The van der Waals surface area contributed by atoms with E-state index in [0.29, 0.717) is 19.5 Å². The SMILES string of the molecule is CC(C)(C)OC(=O)NC(CCn1ccnc1)C(=O)NCc1ccccc1. The highest BCUT2D eigenvalue weighted by molar-refractivity contribution is 5.85. The van der Waals surface area contributed by atoms with Gasteiger partial charge in [-0.05, 0) is 32.8 Å². The number of hydrogen-bond acceptors (Lipinski definition) is 4. The van der Waals surface area contributed by atoms with E-state index in [1.807, 2.05) is 41.1 Å². The number of aryl methyl sites for hydroxylation is 1. The summed E-state index contributed by atoms with van der Waals surface area (Å²) in [7, 11) is 0. The largest absolute Gasteiger partial charge is 0.444 e. The van der Waals surface area contributed by atoms with Crippen LogP contribution >= 0.6 is 0 Å². The first-order valence-corrected chi connectivity index (χ1v) is 8.60. The molecule has 2 N–H and O–H groups in total. The molecule has 2 rings (SSSR count). The summed E-state index contributed by atoms with van der Waals surface area (Å²) in [6.45, 7) is 6.30. The van der Waals surface area contributed by atoms with Crippen molar-refractivity contribution in [2.24, 2.45) is 0 Å². The minimum absolute atomic E-state index is 0.250. The normalized spacial score (nSPS) is 12.3. The van der Waals surface area contributed by atoms with E-state index in [0.717, 1.165) is 5.56 Å². The quantitative estimate of drug-likeness (QED) is 0.796. The number of benzene rings is 1. The molecular formula is C19H26N4O3. The molecule has 1 atom stereocenters. The summed E-state index contributed by atoms with van der Waals surface area (Å²) in [6, 6.07) is 8.91. The second-order valence-electron chi connectivity index (χ2n) is 6.99. The van der Waals surface area contributed by atoms with Crippen LogP contribution in [0.25, 0.3) is 0 Å². The number of rotatable bonds is 7. The lowest BCUT2D eigenvalue weighted by Crippen LogP contribution is -2.48. The Bertz CT molecular complexity index is 693. The van der Waals surface area contributed by atoms with Gasteiger partial charge in [0, 0.05) is 25.5 Å². The third-order valence-corrected chi connectivity index (χ3v) is 3.55. The van der Waals surface area contributed by atoms with Crippen LogP contribution in [0, 0.1) is 0 Å². The molecule has 26 heavy (non-hydrogen) atoms. The lowest BCUT2D eigenvalue weighted by Gasteiger charge is -2.23. The Kier molecular flexibility index (Phi) is 6.77. The third-order valence-electron chi connectivity index (χ3n) is 3.55. The van der Waals surface area contributed by atoms with Crippen LogP contribution in [-0.4, -0.2) is 33.2 Å². The van der Waals surface area contributed by atoms with Gasteiger partial charge in [-0.1, -0.05) is 30.3 Å². The first kappa shape index (κ1) is 19.5. The molecule has 140 valence electrons. The standard InChI is InChI=1S/C19H26N4O3/c1-19(2,3)26-18(25)22-16(9-11-23-12-10-20-14-23)17(24)21-13-15-7-5-4-6-8-15/h4-8,10,12,14,16H,9,11,13H2,1-3H3,(H,21,24)(H,22,25). The van der Waals surface area contributed by atoms with E-state index in [-0.39, 0.29) is 5.91 Å². The Labute approximate surface area is 153 Å². The molecule has 0 aliphatic heterocycles. The van der Waals surface area contributed by atoms with Crippen LogP contribution in [-0.2, 0) is 22.6 Å². The molecule has 0 aliphatic rings. The molecule has 0 bridgehead atoms. The minimum Gasteiger partial charge on any atom is -0.444 e. The van der Waals surface area contributed by atoms with Crippen molar-refractivity contribution in [3.05, 3.63) is 54.6 Å². The van der Waals surface area contributed by atoms with Crippen molar-refractivity contribution < 1.29 is 14.3 Å². The zero-order valence-electron chi connectivity index (χ0n) is 15.4. The molecule has 7 nitrogen and oxygen atoms in total. The van der Waals surface area contributed by atoms with Crippen LogP contribution in [0.15, 0.2) is 49.1 Å². The molecule has 7 heteroatoms. The molecule has 2 aromatic rings. The summed E-state index contributed by atoms with van der Waals surface area (Å²) < 4.78 is 7.12. The molecule has 1 aromatic carbocycles. The fourth-order valence-electron chi connectivity index (χ4n) is 2.32. The van der Waals surface area contributed by atoms with Gasteiger partial charge in [0.25, 0.3) is 0 Å². The van der Waals surface area contributed by atoms with E-state index in [2.05, 4.69) is 15.6 Å². The van der Waals surface area contributed by atoms with E-state index in [1.54, 1.807) is 33.3 Å². The molecule has 0 fully saturated rings. The molecule has 2 amide bonds. The molecular weight excluding hydrogens is 332 g/mol. The maximum absolute atomic E-state index is 12.6. The predicted octanol–water partition coefficient (Wildman–Crippen LogP) is 2.48. The first-order valence-electron chi connectivity index (χ1n) is 8.60. The van der Waals surface area contributed by atoms with Gasteiger partial charge in [-0.3, -0.25) is 4.79 Å². The van der Waals surface area contributed by atoms with Gasteiger partial charge in [-0.25, -0.2) is 9.78 Å². The Morgan fingerprint density at radius 3 is 2.58 bits per heavy atom. The molecule has 0 saturated carbocycles. The number of carbonyl (C=O) groups excluding carboxylic acids is 2.